The van der Waals surface area contributed by atoms with Gasteiger partial charge in [0.15, 0.2) is 11.7 Å². The topological polar surface area (TPSA) is 77.2 Å². The minimum atomic E-state index is -0.165. The number of aromatic nitrogens is 1. The number of para-hydroxylation sites is 1. The summed E-state index contributed by atoms with van der Waals surface area (Å²) in [6, 6.07) is 13.6. The molecule has 0 aliphatic rings. The first-order valence-corrected chi connectivity index (χ1v) is 9.83. The summed E-state index contributed by atoms with van der Waals surface area (Å²) in [5.41, 5.74) is 10.6. The van der Waals surface area contributed by atoms with Gasteiger partial charge in [0.05, 0.1) is 5.69 Å². The Bertz CT molecular complexity index is 897. The van der Waals surface area contributed by atoms with E-state index in [1.165, 1.54) is 11.3 Å². The van der Waals surface area contributed by atoms with E-state index in [4.69, 9.17) is 10.5 Å². The molecule has 0 aliphatic heterocycles. The number of benzene rings is 2. The Morgan fingerprint density at radius 1 is 1.11 bits per heavy atom. The van der Waals surface area contributed by atoms with Crippen LogP contribution in [0.15, 0.2) is 47.8 Å². The molecule has 2 aromatic carbocycles. The minimum Gasteiger partial charge on any atom is -0.484 e. The van der Waals surface area contributed by atoms with Gasteiger partial charge in [-0.25, -0.2) is 4.98 Å². The van der Waals surface area contributed by atoms with E-state index in [-0.39, 0.29) is 12.5 Å². The van der Waals surface area contributed by atoms with E-state index in [0.29, 0.717) is 10.9 Å². The van der Waals surface area contributed by atoms with E-state index in [0.717, 1.165) is 40.9 Å². The number of amides is 1. The number of thiazole rings is 1. The van der Waals surface area contributed by atoms with Crippen LogP contribution < -0.4 is 15.8 Å². The number of carbonyl (C=O) groups is 1. The first kappa shape index (κ1) is 18.9. The highest BCUT2D eigenvalue weighted by Crippen LogP contribution is 2.25. The van der Waals surface area contributed by atoms with Crippen molar-refractivity contribution in [1.82, 2.24) is 4.98 Å². The SMILES string of the molecule is CCc1cccc(CC)c1NC(=O)COc1ccc(-c2csc(N)n2)cc1. The number of carbonyl (C=O) groups excluding carboxylic acids is 1. The molecule has 5 nitrogen and oxygen atoms in total. The molecule has 1 aromatic heterocycles. The maximum absolute atomic E-state index is 12.4. The average molecular weight is 382 g/mol. The molecule has 27 heavy (non-hydrogen) atoms. The van der Waals surface area contributed by atoms with Gasteiger partial charge in [-0.05, 0) is 48.2 Å². The molecule has 3 N–H and O–H groups in total. The monoisotopic (exact) mass is 381 g/mol. The first-order valence-electron chi connectivity index (χ1n) is 8.95. The zero-order valence-electron chi connectivity index (χ0n) is 15.5. The molecule has 0 spiro atoms. The highest BCUT2D eigenvalue weighted by Gasteiger charge is 2.11. The largest absolute Gasteiger partial charge is 0.484 e. The fraction of sp³-hybridized carbons (Fsp3) is 0.238. The number of hydrogen-bond donors (Lipinski definition) is 2. The number of nitrogens with one attached hydrogen (secondary N) is 1. The van der Waals surface area contributed by atoms with Crippen molar-refractivity contribution in [1.29, 1.82) is 0 Å². The number of ether oxygens (including phenoxy) is 1. The molecule has 1 amide bonds. The highest BCUT2D eigenvalue weighted by molar-refractivity contribution is 7.13. The summed E-state index contributed by atoms with van der Waals surface area (Å²) < 4.78 is 5.63. The van der Waals surface area contributed by atoms with E-state index >= 15 is 0 Å². The molecule has 0 unspecified atom stereocenters. The second kappa shape index (κ2) is 8.68. The first-order chi connectivity index (χ1) is 13.1. The summed E-state index contributed by atoms with van der Waals surface area (Å²) in [5, 5.41) is 5.46. The minimum absolute atomic E-state index is 0.0375. The molecule has 0 fully saturated rings. The summed E-state index contributed by atoms with van der Waals surface area (Å²) in [4.78, 5) is 16.6. The highest BCUT2D eigenvalue weighted by atomic mass is 32.1. The van der Waals surface area contributed by atoms with Gasteiger partial charge in [0, 0.05) is 16.6 Å². The van der Waals surface area contributed by atoms with Crippen LogP contribution in [-0.2, 0) is 17.6 Å². The van der Waals surface area contributed by atoms with E-state index in [1.54, 1.807) is 0 Å². The molecular weight excluding hydrogens is 358 g/mol. The van der Waals surface area contributed by atoms with Crippen LogP contribution in [0.2, 0.25) is 0 Å². The molecule has 0 saturated carbocycles. The van der Waals surface area contributed by atoms with Gasteiger partial charge >= 0.3 is 0 Å². The van der Waals surface area contributed by atoms with Crippen molar-refractivity contribution in [3.05, 3.63) is 59.0 Å². The molecule has 0 bridgehead atoms. The molecule has 0 saturated heterocycles. The van der Waals surface area contributed by atoms with Crippen molar-refractivity contribution < 1.29 is 9.53 Å². The van der Waals surface area contributed by atoms with Crippen LogP contribution in [0.25, 0.3) is 11.3 Å². The van der Waals surface area contributed by atoms with Crippen molar-refractivity contribution in [2.24, 2.45) is 0 Å². The summed E-state index contributed by atoms with van der Waals surface area (Å²) in [5.74, 6) is 0.471. The van der Waals surface area contributed by atoms with Crippen molar-refractivity contribution in [2.75, 3.05) is 17.7 Å². The van der Waals surface area contributed by atoms with Crippen LogP contribution in [0.4, 0.5) is 10.8 Å². The van der Waals surface area contributed by atoms with Crippen LogP contribution >= 0.6 is 11.3 Å². The van der Waals surface area contributed by atoms with Gasteiger partial charge in [-0.2, -0.15) is 0 Å². The van der Waals surface area contributed by atoms with Gasteiger partial charge in [-0.1, -0.05) is 32.0 Å². The molecule has 0 radical (unpaired) electrons. The molecule has 3 aromatic rings. The maximum atomic E-state index is 12.4. The van der Waals surface area contributed by atoms with Crippen LogP contribution in [0.3, 0.4) is 0 Å². The lowest BCUT2D eigenvalue weighted by molar-refractivity contribution is -0.118. The maximum Gasteiger partial charge on any atom is 0.262 e. The van der Waals surface area contributed by atoms with Gasteiger partial charge in [0.1, 0.15) is 5.75 Å². The smallest absolute Gasteiger partial charge is 0.262 e. The van der Waals surface area contributed by atoms with Crippen LogP contribution in [0, 0.1) is 0 Å². The van der Waals surface area contributed by atoms with Crippen molar-refractivity contribution in [2.45, 2.75) is 26.7 Å². The summed E-state index contributed by atoms with van der Waals surface area (Å²) >= 11 is 1.41. The lowest BCUT2D eigenvalue weighted by atomic mass is 10.0. The number of hydrogen-bond acceptors (Lipinski definition) is 5. The lowest BCUT2D eigenvalue weighted by Crippen LogP contribution is -2.21. The molecule has 3 rings (SSSR count). The Kier molecular flexibility index (Phi) is 6.08. The average Bonchev–Trinajstić information content (AvgIpc) is 3.13. The van der Waals surface area contributed by atoms with E-state index in [9.17, 15) is 4.79 Å². The van der Waals surface area contributed by atoms with Crippen molar-refractivity contribution in [3.8, 4) is 17.0 Å². The number of nitrogen functional groups attached to an aromatic ring is 1. The van der Waals surface area contributed by atoms with E-state index in [1.807, 2.05) is 47.8 Å². The third kappa shape index (κ3) is 4.65. The van der Waals surface area contributed by atoms with Crippen LogP contribution in [0.1, 0.15) is 25.0 Å². The number of nitrogens with two attached hydrogens (primary N) is 1. The molecule has 0 atom stereocenters. The zero-order chi connectivity index (χ0) is 19.2. The Labute approximate surface area is 163 Å². The second-order valence-corrected chi connectivity index (χ2v) is 6.98. The van der Waals surface area contributed by atoms with Crippen LogP contribution in [-0.4, -0.2) is 17.5 Å². The molecule has 1 heterocycles. The number of rotatable bonds is 7. The Hall–Kier alpha value is -2.86. The molecular formula is C21H23N3O2S. The fourth-order valence-corrected chi connectivity index (χ4v) is 3.44. The van der Waals surface area contributed by atoms with Gasteiger partial charge in [-0.3, -0.25) is 4.79 Å². The van der Waals surface area contributed by atoms with E-state index < -0.39 is 0 Å². The fourth-order valence-electron chi connectivity index (χ4n) is 2.87. The van der Waals surface area contributed by atoms with Gasteiger partial charge in [0.25, 0.3) is 5.91 Å². The number of aryl methyl sites for hydroxylation is 2. The summed E-state index contributed by atoms with van der Waals surface area (Å²) in [6.45, 7) is 4.13. The third-order valence-corrected chi connectivity index (χ3v) is 4.98. The normalized spacial score (nSPS) is 10.6. The predicted molar refractivity (Wildman–Crippen MR) is 111 cm³/mol. The van der Waals surface area contributed by atoms with Gasteiger partial charge in [0.2, 0.25) is 0 Å². The Morgan fingerprint density at radius 2 is 1.78 bits per heavy atom. The van der Waals surface area contributed by atoms with Gasteiger partial charge in [-0.15, -0.1) is 11.3 Å². The molecule has 0 aliphatic carbocycles. The van der Waals surface area contributed by atoms with Crippen molar-refractivity contribution >= 4 is 28.1 Å². The predicted octanol–water partition coefficient (Wildman–Crippen LogP) is 4.53. The van der Waals surface area contributed by atoms with Crippen LogP contribution in [0.5, 0.6) is 5.75 Å². The zero-order valence-corrected chi connectivity index (χ0v) is 16.3. The summed E-state index contributed by atoms with van der Waals surface area (Å²) in [7, 11) is 0. The quantitative estimate of drug-likeness (QED) is 0.630. The molecule has 6 heteroatoms. The lowest BCUT2D eigenvalue weighted by Gasteiger charge is -2.14. The number of nitrogens with zero attached hydrogens (tertiary/aromatic N) is 1. The van der Waals surface area contributed by atoms with Crippen molar-refractivity contribution in [3.63, 3.8) is 0 Å². The third-order valence-electron chi connectivity index (χ3n) is 4.31. The van der Waals surface area contributed by atoms with E-state index in [2.05, 4.69) is 24.1 Å². The standard InChI is InChI=1S/C21H23N3O2S/c1-3-14-6-5-7-15(4-2)20(14)24-19(25)12-26-17-10-8-16(9-11-17)18-13-27-21(22)23-18/h5-11,13H,3-4,12H2,1-2H3,(H2,22,23)(H,24,25). The molecule has 140 valence electrons. The second-order valence-electron chi connectivity index (χ2n) is 6.09. The Morgan fingerprint density at radius 3 is 2.33 bits per heavy atom. The van der Waals surface area contributed by atoms with Gasteiger partial charge < -0.3 is 15.8 Å². The number of anilines is 2. The summed E-state index contributed by atoms with van der Waals surface area (Å²) in [6.07, 6.45) is 1.74. The Balaban J connectivity index is 1.61.